The first-order valence-electron chi connectivity index (χ1n) is 7.41. The van der Waals surface area contributed by atoms with Gasteiger partial charge >= 0.3 is 0 Å². The predicted molar refractivity (Wildman–Crippen MR) is 72.1 cm³/mol. The zero-order valence-electron chi connectivity index (χ0n) is 11.8. The smallest absolute Gasteiger partial charge is 0.0468 e. The van der Waals surface area contributed by atoms with Gasteiger partial charge in [0.25, 0.3) is 0 Å². The molecule has 0 bridgehead atoms. The normalized spacial score (nSPS) is 26.1. The van der Waals surface area contributed by atoms with Gasteiger partial charge in [0.2, 0.25) is 0 Å². The summed E-state index contributed by atoms with van der Waals surface area (Å²) in [6, 6.07) is 0.614. The van der Waals surface area contributed by atoms with E-state index < -0.39 is 0 Å². The molecule has 1 aliphatic heterocycles. The lowest BCUT2D eigenvalue weighted by Crippen LogP contribution is -2.39. The third kappa shape index (κ3) is 3.96. The molecular weight excluding hydrogens is 210 g/mol. The summed E-state index contributed by atoms with van der Waals surface area (Å²) in [6.07, 6.45) is 6.88. The first-order valence-corrected chi connectivity index (χ1v) is 7.41. The molecule has 0 aromatic carbocycles. The summed E-state index contributed by atoms with van der Waals surface area (Å²) in [5.74, 6) is 1.89. The second-order valence-corrected chi connectivity index (χ2v) is 6.72. The molecule has 1 atom stereocenters. The van der Waals surface area contributed by atoms with E-state index in [-0.39, 0.29) is 0 Å². The lowest BCUT2D eigenvalue weighted by atomic mass is 9.74. The van der Waals surface area contributed by atoms with Crippen molar-refractivity contribution in [3.05, 3.63) is 0 Å². The lowest BCUT2D eigenvalue weighted by molar-refractivity contribution is 0.0447. The van der Waals surface area contributed by atoms with Crippen LogP contribution in [0.4, 0.5) is 0 Å². The van der Waals surface area contributed by atoms with E-state index in [1.165, 1.54) is 38.6 Å². The summed E-state index contributed by atoms with van der Waals surface area (Å²) in [7, 11) is 0. The van der Waals surface area contributed by atoms with Gasteiger partial charge in [0.05, 0.1) is 0 Å². The van der Waals surface area contributed by atoms with Crippen molar-refractivity contribution in [2.24, 2.45) is 17.3 Å². The molecule has 2 nitrogen and oxygen atoms in total. The fourth-order valence-corrected chi connectivity index (χ4v) is 3.21. The van der Waals surface area contributed by atoms with Gasteiger partial charge in [0, 0.05) is 25.8 Å². The molecule has 17 heavy (non-hydrogen) atoms. The SMILES string of the molecule is CC(C)NCC(C)(CC1CCOCC1)C1CC1. The fourth-order valence-electron chi connectivity index (χ4n) is 3.21. The van der Waals surface area contributed by atoms with E-state index >= 15 is 0 Å². The highest BCUT2D eigenvalue weighted by molar-refractivity contribution is 4.94. The Bertz CT molecular complexity index is 231. The Balaban J connectivity index is 1.86. The number of ether oxygens (including phenoxy) is 1. The standard InChI is InChI=1S/C15H29NO/c1-12(2)16-11-15(3,14-4-5-14)10-13-6-8-17-9-7-13/h12-14,16H,4-11H2,1-3H3. The van der Waals surface area contributed by atoms with Crippen molar-refractivity contribution in [2.45, 2.75) is 58.9 Å². The maximum atomic E-state index is 5.47. The van der Waals surface area contributed by atoms with E-state index in [4.69, 9.17) is 4.74 Å². The van der Waals surface area contributed by atoms with Crippen LogP contribution in [0.1, 0.15) is 52.9 Å². The van der Waals surface area contributed by atoms with Crippen LogP contribution in [0.25, 0.3) is 0 Å². The van der Waals surface area contributed by atoms with Gasteiger partial charge in [-0.1, -0.05) is 20.8 Å². The van der Waals surface area contributed by atoms with Gasteiger partial charge in [-0.15, -0.1) is 0 Å². The predicted octanol–water partition coefficient (Wildman–Crippen LogP) is 3.22. The number of hydrogen-bond donors (Lipinski definition) is 1. The van der Waals surface area contributed by atoms with Crippen molar-refractivity contribution in [2.75, 3.05) is 19.8 Å². The van der Waals surface area contributed by atoms with Gasteiger partial charge < -0.3 is 10.1 Å². The minimum Gasteiger partial charge on any atom is -0.381 e. The number of rotatable bonds is 6. The maximum Gasteiger partial charge on any atom is 0.0468 e. The van der Waals surface area contributed by atoms with E-state index in [0.717, 1.165) is 25.0 Å². The van der Waals surface area contributed by atoms with Crippen LogP contribution in [0.2, 0.25) is 0 Å². The Morgan fingerprint density at radius 2 is 1.82 bits per heavy atom. The van der Waals surface area contributed by atoms with Gasteiger partial charge in [-0.05, 0) is 49.4 Å². The van der Waals surface area contributed by atoms with E-state index in [1.807, 2.05) is 0 Å². The van der Waals surface area contributed by atoms with Gasteiger partial charge in [-0.2, -0.15) is 0 Å². The van der Waals surface area contributed by atoms with Crippen molar-refractivity contribution in [3.8, 4) is 0 Å². The topological polar surface area (TPSA) is 21.3 Å². The van der Waals surface area contributed by atoms with Gasteiger partial charge in [-0.25, -0.2) is 0 Å². The van der Waals surface area contributed by atoms with Crippen LogP contribution < -0.4 is 5.32 Å². The summed E-state index contributed by atoms with van der Waals surface area (Å²) in [4.78, 5) is 0. The van der Waals surface area contributed by atoms with E-state index in [2.05, 4.69) is 26.1 Å². The molecule has 2 fully saturated rings. The van der Waals surface area contributed by atoms with Crippen LogP contribution in [0.15, 0.2) is 0 Å². The second kappa shape index (κ2) is 5.71. The van der Waals surface area contributed by atoms with E-state index in [1.54, 1.807) is 0 Å². The van der Waals surface area contributed by atoms with Crippen LogP contribution in [0.3, 0.4) is 0 Å². The zero-order chi connectivity index (χ0) is 12.3. The zero-order valence-corrected chi connectivity index (χ0v) is 11.8. The average Bonchev–Trinajstić information content (AvgIpc) is 3.12. The van der Waals surface area contributed by atoms with Crippen LogP contribution >= 0.6 is 0 Å². The Kier molecular flexibility index (Phi) is 4.48. The first-order chi connectivity index (χ1) is 8.10. The summed E-state index contributed by atoms with van der Waals surface area (Å²) in [5.41, 5.74) is 0.534. The molecular formula is C15H29NO. The van der Waals surface area contributed by atoms with Crippen LogP contribution in [-0.4, -0.2) is 25.8 Å². The van der Waals surface area contributed by atoms with Gasteiger partial charge in [0.1, 0.15) is 0 Å². The number of nitrogens with one attached hydrogen (secondary N) is 1. The molecule has 100 valence electrons. The van der Waals surface area contributed by atoms with Crippen LogP contribution in [-0.2, 0) is 4.74 Å². The lowest BCUT2D eigenvalue weighted by Gasteiger charge is -2.36. The molecule has 2 aliphatic rings. The van der Waals surface area contributed by atoms with Crippen LogP contribution in [0, 0.1) is 17.3 Å². The summed E-state index contributed by atoms with van der Waals surface area (Å²) < 4.78 is 5.47. The van der Waals surface area contributed by atoms with Crippen molar-refractivity contribution >= 4 is 0 Å². The highest BCUT2D eigenvalue weighted by Gasteiger charge is 2.42. The third-order valence-electron chi connectivity index (χ3n) is 4.57. The maximum absolute atomic E-state index is 5.47. The Morgan fingerprint density at radius 3 is 2.35 bits per heavy atom. The second-order valence-electron chi connectivity index (χ2n) is 6.72. The quantitative estimate of drug-likeness (QED) is 0.768. The number of hydrogen-bond acceptors (Lipinski definition) is 2. The van der Waals surface area contributed by atoms with Gasteiger partial charge in [-0.3, -0.25) is 0 Å². The Morgan fingerprint density at radius 1 is 1.18 bits per heavy atom. The monoisotopic (exact) mass is 239 g/mol. The van der Waals surface area contributed by atoms with Gasteiger partial charge in [0.15, 0.2) is 0 Å². The molecule has 1 saturated heterocycles. The average molecular weight is 239 g/mol. The summed E-state index contributed by atoms with van der Waals surface area (Å²) in [6.45, 7) is 10.2. The highest BCUT2D eigenvalue weighted by Crippen LogP contribution is 2.49. The molecule has 0 amide bonds. The highest BCUT2D eigenvalue weighted by atomic mass is 16.5. The molecule has 1 saturated carbocycles. The molecule has 0 aromatic rings. The van der Waals surface area contributed by atoms with Crippen molar-refractivity contribution in [3.63, 3.8) is 0 Å². The third-order valence-corrected chi connectivity index (χ3v) is 4.57. The Labute approximate surface area is 107 Å². The summed E-state index contributed by atoms with van der Waals surface area (Å²) >= 11 is 0. The van der Waals surface area contributed by atoms with Crippen molar-refractivity contribution in [1.29, 1.82) is 0 Å². The Hall–Kier alpha value is -0.0800. The molecule has 0 spiro atoms. The molecule has 1 aliphatic carbocycles. The van der Waals surface area contributed by atoms with E-state index in [0.29, 0.717) is 11.5 Å². The molecule has 1 unspecified atom stereocenters. The first kappa shape index (κ1) is 13.4. The molecule has 0 radical (unpaired) electrons. The molecule has 2 rings (SSSR count). The fraction of sp³-hybridized carbons (Fsp3) is 1.00. The van der Waals surface area contributed by atoms with E-state index in [9.17, 15) is 0 Å². The minimum absolute atomic E-state index is 0.534. The molecule has 1 heterocycles. The van der Waals surface area contributed by atoms with Crippen LogP contribution in [0.5, 0.6) is 0 Å². The van der Waals surface area contributed by atoms with Crippen molar-refractivity contribution in [1.82, 2.24) is 5.32 Å². The van der Waals surface area contributed by atoms with Crippen molar-refractivity contribution < 1.29 is 4.74 Å². The largest absolute Gasteiger partial charge is 0.381 e. The minimum atomic E-state index is 0.534. The molecule has 2 heteroatoms. The molecule has 0 aromatic heterocycles. The summed E-state index contributed by atoms with van der Waals surface area (Å²) in [5, 5.41) is 3.67. The molecule has 1 N–H and O–H groups in total.